The van der Waals surface area contributed by atoms with Crippen LogP contribution < -0.4 is 10.5 Å². The van der Waals surface area contributed by atoms with Gasteiger partial charge in [-0.05, 0) is 35.7 Å². The third-order valence-corrected chi connectivity index (χ3v) is 4.38. The molecule has 1 amide bonds. The number of fused-ring (bicyclic) bond motifs is 1. The van der Waals surface area contributed by atoms with E-state index in [0.717, 1.165) is 0 Å². The maximum Gasteiger partial charge on any atom is 0.414 e. The van der Waals surface area contributed by atoms with Crippen LogP contribution in [0, 0.1) is 5.82 Å². The molecule has 0 bridgehead atoms. The number of pyridine rings is 1. The predicted octanol–water partition coefficient (Wildman–Crippen LogP) is 2.65. The number of nitrogens with zero attached hydrogens (tertiary/aromatic N) is 1. The third-order valence-electron chi connectivity index (χ3n) is 4.38. The topological polar surface area (TPSA) is 82.6 Å². The number of anilines is 1. The SMILES string of the molecule is O=C1O[C@H](CO)CN1c1ccc2cc(-c3ccccc3F)[nH]c(=O)c2c1. The smallest absolute Gasteiger partial charge is 0.414 e. The number of aromatic amines is 1. The fourth-order valence-electron chi connectivity index (χ4n) is 3.07. The molecule has 1 aromatic heterocycles. The van der Waals surface area contributed by atoms with Gasteiger partial charge in [0.2, 0.25) is 0 Å². The third kappa shape index (κ3) is 2.72. The molecule has 0 saturated carbocycles. The van der Waals surface area contributed by atoms with Crippen molar-refractivity contribution in [3.05, 3.63) is 64.7 Å². The second kappa shape index (κ2) is 6.27. The molecule has 26 heavy (non-hydrogen) atoms. The summed E-state index contributed by atoms with van der Waals surface area (Å²) in [4.78, 5) is 28.5. The zero-order valence-electron chi connectivity index (χ0n) is 13.6. The van der Waals surface area contributed by atoms with Gasteiger partial charge < -0.3 is 14.8 Å². The molecule has 2 N–H and O–H groups in total. The summed E-state index contributed by atoms with van der Waals surface area (Å²) in [7, 11) is 0. The number of amides is 1. The van der Waals surface area contributed by atoms with Crippen LogP contribution in [0.3, 0.4) is 0 Å². The normalized spacial score (nSPS) is 16.9. The first-order chi connectivity index (χ1) is 12.6. The van der Waals surface area contributed by atoms with Gasteiger partial charge >= 0.3 is 6.09 Å². The Labute approximate surface area is 147 Å². The van der Waals surface area contributed by atoms with E-state index in [1.165, 1.54) is 11.0 Å². The monoisotopic (exact) mass is 354 g/mol. The molecule has 1 saturated heterocycles. The molecule has 6 nitrogen and oxygen atoms in total. The highest BCUT2D eigenvalue weighted by Crippen LogP contribution is 2.27. The first-order valence-electron chi connectivity index (χ1n) is 8.08. The number of aromatic nitrogens is 1. The maximum atomic E-state index is 14.0. The van der Waals surface area contributed by atoms with Crippen molar-refractivity contribution < 1.29 is 19.0 Å². The van der Waals surface area contributed by atoms with Gasteiger partial charge in [0.25, 0.3) is 5.56 Å². The Balaban J connectivity index is 1.78. The number of benzene rings is 2. The fraction of sp³-hybridized carbons (Fsp3) is 0.158. The van der Waals surface area contributed by atoms with Gasteiger partial charge in [-0.15, -0.1) is 0 Å². The molecule has 1 atom stereocenters. The van der Waals surface area contributed by atoms with Crippen LogP contribution >= 0.6 is 0 Å². The average molecular weight is 354 g/mol. The largest absolute Gasteiger partial charge is 0.441 e. The summed E-state index contributed by atoms with van der Waals surface area (Å²) in [5, 5.41) is 10.1. The molecule has 2 aromatic carbocycles. The molecule has 0 radical (unpaired) electrons. The zero-order chi connectivity index (χ0) is 18.3. The number of halogens is 1. The van der Waals surface area contributed by atoms with Crippen LogP contribution in [0.2, 0.25) is 0 Å². The Morgan fingerprint density at radius 2 is 2.00 bits per heavy atom. The van der Waals surface area contributed by atoms with Gasteiger partial charge in [0.1, 0.15) is 11.9 Å². The lowest BCUT2D eigenvalue weighted by Crippen LogP contribution is -2.25. The molecule has 0 spiro atoms. The van der Waals surface area contributed by atoms with Crippen LogP contribution in [-0.4, -0.2) is 35.4 Å². The summed E-state index contributed by atoms with van der Waals surface area (Å²) in [5.74, 6) is -0.422. The second-order valence-electron chi connectivity index (χ2n) is 6.06. The number of carbonyl (C=O) groups excluding carboxylic acids is 1. The minimum absolute atomic E-state index is 0.214. The standard InChI is InChI=1S/C19H15FN2O4/c20-16-4-2-1-3-14(16)17-7-11-5-6-12(8-15(11)18(24)21-17)22-9-13(10-23)26-19(22)25/h1-8,13,23H,9-10H2,(H,21,24)/t13-/m0/s1. The summed E-state index contributed by atoms with van der Waals surface area (Å²) >= 11 is 0. The minimum Gasteiger partial charge on any atom is -0.441 e. The van der Waals surface area contributed by atoms with Crippen LogP contribution in [0.4, 0.5) is 14.9 Å². The van der Waals surface area contributed by atoms with E-state index in [9.17, 15) is 14.0 Å². The predicted molar refractivity (Wildman–Crippen MR) is 94.7 cm³/mol. The van der Waals surface area contributed by atoms with Gasteiger partial charge in [0, 0.05) is 16.6 Å². The summed E-state index contributed by atoms with van der Waals surface area (Å²) in [6.45, 7) is -0.0472. The molecule has 4 rings (SSSR count). The lowest BCUT2D eigenvalue weighted by molar-refractivity contribution is 0.0963. The highest BCUT2D eigenvalue weighted by Gasteiger charge is 2.31. The van der Waals surface area contributed by atoms with Crippen molar-refractivity contribution in [2.75, 3.05) is 18.1 Å². The van der Waals surface area contributed by atoms with Gasteiger partial charge in [0.15, 0.2) is 0 Å². The average Bonchev–Trinajstić information content (AvgIpc) is 3.03. The summed E-state index contributed by atoms with van der Waals surface area (Å²) in [6.07, 6.45) is -1.15. The molecule has 1 fully saturated rings. The van der Waals surface area contributed by atoms with Crippen molar-refractivity contribution in [3.8, 4) is 11.3 Å². The number of aliphatic hydroxyl groups is 1. The van der Waals surface area contributed by atoms with Crippen molar-refractivity contribution in [1.29, 1.82) is 0 Å². The second-order valence-corrected chi connectivity index (χ2v) is 6.06. The Kier molecular flexibility index (Phi) is 3.93. The van der Waals surface area contributed by atoms with E-state index in [4.69, 9.17) is 9.84 Å². The van der Waals surface area contributed by atoms with Gasteiger partial charge in [-0.3, -0.25) is 9.69 Å². The van der Waals surface area contributed by atoms with E-state index in [1.54, 1.807) is 42.5 Å². The van der Waals surface area contributed by atoms with E-state index >= 15 is 0 Å². The number of ether oxygens (including phenoxy) is 1. The van der Waals surface area contributed by atoms with Crippen molar-refractivity contribution in [3.63, 3.8) is 0 Å². The number of cyclic esters (lactones) is 1. The van der Waals surface area contributed by atoms with Crippen molar-refractivity contribution >= 4 is 22.6 Å². The molecule has 1 aliphatic rings. The van der Waals surface area contributed by atoms with Gasteiger partial charge in [-0.2, -0.15) is 0 Å². The molecule has 7 heteroatoms. The number of H-pyrrole nitrogens is 1. The molecular weight excluding hydrogens is 339 g/mol. The number of carbonyl (C=O) groups is 1. The van der Waals surface area contributed by atoms with Gasteiger partial charge in [-0.25, -0.2) is 9.18 Å². The number of nitrogens with one attached hydrogen (secondary N) is 1. The van der Waals surface area contributed by atoms with Crippen molar-refractivity contribution in [1.82, 2.24) is 4.98 Å². The van der Waals surface area contributed by atoms with Crippen LogP contribution in [0.5, 0.6) is 0 Å². The number of aliphatic hydroxyl groups excluding tert-OH is 1. The van der Waals surface area contributed by atoms with Crippen molar-refractivity contribution in [2.45, 2.75) is 6.10 Å². The Bertz CT molecular complexity index is 1060. The molecule has 3 aromatic rings. The molecule has 132 valence electrons. The van der Waals surface area contributed by atoms with E-state index in [2.05, 4.69) is 4.98 Å². The lowest BCUT2D eigenvalue weighted by Gasteiger charge is -2.14. The molecule has 0 unspecified atom stereocenters. The molecule has 2 heterocycles. The van der Waals surface area contributed by atoms with Crippen LogP contribution in [0.25, 0.3) is 22.0 Å². The number of rotatable bonds is 3. The zero-order valence-corrected chi connectivity index (χ0v) is 13.6. The number of hydrogen-bond donors (Lipinski definition) is 2. The van der Waals surface area contributed by atoms with Crippen molar-refractivity contribution in [2.24, 2.45) is 0 Å². The quantitative estimate of drug-likeness (QED) is 0.758. The maximum absolute atomic E-state index is 14.0. The summed E-state index contributed by atoms with van der Waals surface area (Å²) in [6, 6.07) is 12.9. The van der Waals surface area contributed by atoms with E-state index < -0.39 is 18.0 Å². The highest BCUT2D eigenvalue weighted by atomic mass is 19.1. The summed E-state index contributed by atoms with van der Waals surface area (Å²) in [5.41, 5.74) is 0.815. The van der Waals surface area contributed by atoms with Crippen LogP contribution in [0.15, 0.2) is 53.3 Å². The first-order valence-corrected chi connectivity index (χ1v) is 8.08. The van der Waals surface area contributed by atoms with Crippen LogP contribution in [0.1, 0.15) is 0 Å². The van der Waals surface area contributed by atoms with E-state index in [-0.39, 0.29) is 18.7 Å². The van der Waals surface area contributed by atoms with E-state index in [1.807, 2.05) is 0 Å². The molecular formula is C19H15FN2O4. The number of hydrogen-bond acceptors (Lipinski definition) is 4. The van der Waals surface area contributed by atoms with Gasteiger partial charge in [0.05, 0.1) is 18.8 Å². The summed E-state index contributed by atoms with van der Waals surface area (Å²) < 4.78 is 19.0. The minimum atomic E-state index is -0.583. The molecule has 0 aliphatic carbocycles. The Hall–Kier alpha value is -3.19. The lowest BCUT2D eigenvalue weighted by atomic mass is 10.1. The molecule has 1 aliphatic heterocycles. The Morgan fingerprint density at radius 3 is 2.73 bits per heavy atom. The fourth-order valence-corrected chi connectivity index (χ4v) is 3.07. The van der Waals surface area contributed by atoms with Gasteiger partial charge in [-0.1, -0.05) is 18.2 Å². The van der Waals surface area contributed by atoms with E-state index in [0.29, 0.717) is 27.7 Å². The highest BCUT2D eigenvalue weighted by molar-refractivity contribution is 5.94. The first kappa shape index (κ1) is 16.3. The Morgan fingerprint density at radius 1 is 1.19 bits per heavy atom. The van der Waals surface area contributed by atoms with Crippen LogP contribution in [-0.2, 0) is 4.74 Å².